The van der Waals surface area contributed by atoms with Crippen LogP contribution in [-0.2, 0) is 6.54 Å². The first-order valence-corrected chi connectivity index (χ1v) is 3.78. The van der Waals surface area contributed by atoms with Crippen molar-refractivity contribution in [2.24, 2.45) is 10.7 Å². The van der Waals surface area contributed by atoms with Crippen LogP contribution in [0.2, 0.25) is 0 Å². The fraction of sp³-hybridized carbons (Fsp3) is 0.111. The number of benzene rings is 1. The molecule has 3 N–H and O–H groups in total. The van der Waals surface area contributed by atoms with E-state index in [9.17, 15) is 4.79 Å². The zero-order chi connectivity index (χ0) is 9.68. The standard InChI is InChI=1S/C9H10N2O2/c10-5-7-2-1-3-8(4-7)6-11-9(12)13/h1-4,6H,5,10H2,(H,12,13). The summed E-state index contributed by atoms with van der Waals surface area (Å²) < 4.78 is 0. The van der Waals surface area contributed by atoms with Gasteiger partial charge in [-0.3, -0.25) is 0 Å². The van der Waals surface area contributed by atoms with Crippen molar-refractivity contribution in [1.82, 2.24) is 0 Å². The van der Waals surface area contributed by atoms with Gasteiger partial charge >= 0.3 is 6.09 Å². The van der Waals surface area contributed by atoms with Crippen LogP contribution in [-0.4, -0.2) is 17.4 Å². The van der Waals surface area contributed by atoms with Gasteiger partial charge in [-0.1, -0.05) is 18.2 Å². The summed E-state index contributed by atoms with van der Waals surface area (Å²) in [6.07, 6.45) is 0.0970. The van der Waals surface area contributed by atoms with Crippen molar-refractivity contribution in [2.75, 3.05) is 0 Å². The molecule has 0 unspecified atom stereocenters. The number of nitrogens with two attached hydrogens (primary N) is 1. The van der Waals surface area contributed by atoms with E-state index in [4.69, 9.17) is 10.8 Å². The van der Waals surface area contributed by atoms with Crippen molar-refractivity contribution in [3.05, 3.63) is 35.4 Å². The lowest BCUT2D eigenvalue weighted by atomic mass is 10.1. The van der Waals surface area contributed by atoms with Crippen LogP contribution in [0.25, 0.3) is 0 Å². The Hall–Kier alpha value is -1.68. The average Bonchev–Trinajstić information content (AvgIpc) is 2.15. The van der Waals surface area contributed by atoms with Gasteiger partial charge in [-0.2, -0.15) is 4.99 Å². The molecule has 0 saturated heterocycles. The Labute approximate surface area is 75.7 Å². The smallest absolute Gasteiger partial charge is 0.431 e. The molecule has 0 heterocycles. The second-order valence-corrected chi connectivity index (χ2v) is 2.49. The monoisotopic (exact) mass is 178 g/mol. The van der Waals surface area contributed by atoms with Gasteiger partial charge in [0.25, 0.3) is 0 Å². The quantitative estimate of drug-likeness (QED) is 0.669. The van der Waals surface area contributed by atoms with Crippen LogP contribution in [0.3, 0.4) is 0 Å². The molecule has 4 heteroatoms. The van der Waals surface area contributed by atoms with Gasteiger partial charge < -0.3 is 10.8 Å². The van der Waals surface area contributed by atoms with Crippen LogP contribution in [0, 0.1) is 0 Å². The summed E-state index contributed by atoms with van der Waals surface area (Å²) in [7, 11) is 0. The highest BCUT2D eigenvalue weighted by molar-refractivity contribution is 5.88. The molecule has 0 fully saturated rings. The number of carboxylic acid groups (broad SMARTS) is 1. The fourth-order valence-corrected chi connectivity index (χ4v) is 0.930. The summed E-state index contributed by atoms with van der Waals surface area (Å²) in [5.74, 6) is 0. The zero-order valence-corrected chi connectivity index (χ0v) is 6.97. The third-order valence-electron chi connectivity index (χ3n) is 1.51. The molecular formula is C9H10N2O2. The highest BCUT2D eigenvalue weighted by Crippen LogP contribution is 2.01. The third kappa shape index (κ3) is 3.04. The van der Waals surface area contributed by atoms with Gasteiger partial charge in [-0.05, 0) is 17.2 Å². The van der Waals surface area contributed by atoms with Crippen LogP contribution in [0.4, 0.5) is 4.79 Å². The van der Waals surface area contributed by atoms with Crippen LogP contribution in [0.1, 0.15) is 11.1 Å². The Bertz CT molecular complexity index is 334. The maximum Gasteiger partial charge on any atom is 0.431 e. The Morgan fingerprint density at radius 1 is 1.62 bits per heavy atom. The molecular weight excluding hydrogens is 168 g/mol. The van der Waals surface area contributed by atoms with Crippen molar-refractivity contribution >= 4 is 12.3 Å². The maximum atomic E-state index is 10.1. The first-order valence-electron chi connectivity index (χ1n) is 3.78. The summed E-state index contributed by atoms with van der Waals surface area (Å²) in [5, 5.41) is 8.28. The number of hydrogen-bond donors (Lipinski definition) is 2. The van der Waals surface area contributed by atoms with Crippen molar-refractivity contribution in [2.45, 2.75) is 6.54 Å². The normalized spacial score (nSPS) is 10.5. The lowest BCUT2D eigenvalue weighted by Crippen LogP contribution is -1.97. The van der Waals surface area contributed by atoms with Gasteiger partial charge in [0.15, 0.2) is 0 Å². The van der Waals surface area contributed by atoms with Crippen molar-refractivity contribution in [3.63, 3.8) is 0 Å². The Kier molecular flexibility index (Phi) is 3.16. The summed E-state index contributed by atoms with van der Waals surface area (Å²) in [6, 6.07) is 7.25. The van der Waals surface area contributed by atoms with E-state index in [0.29, 0.717) is 6.54 Å². The van der Waals surface area contributed by atoms with E-state index < -0.39 is 6.09 Å². The van der Waals surface area contributed by atoms with Gasteiger partial charge in [0.1, 0.15) is 0 Å². The Balaban J connectivity index is 2.83. The van der Waals surface area contributed by atoms with Crippen LogP contribution < -0.4 is 5.73 Å². The second kappa shape index (κ2) is 4.37. The molecule has 0 aromatic heterocycles. The first kappa shape index (κ1) is 9.41. The summed E-state index contributed by atoms with van der Waals surface area (Å²) in [5.41, 5.74) is 7.11. The minimum Gasteiger partial charge on any atom is -0.463 e. The molecule has 13 heavy (non-hydrogen) atoms. The predicted molar refractivity (Wildman–Crippen MR) is 50.0 cm³/mol. The number of nitrogens with zero attached hydrogens (tertiary/aromatic N) is 1. The third-order valence-corrected chi connectivity index (χ3v) is 1.51. The number of hydrogen-bond acceptors (Lipinski definition) is 2. The lowest BCUT2D eigenvalue weighted by molar-refractivity contribution is 0.206. The Morgan fingerprint density at radius 3 is 3.00 bits per heavy atom. The molecule has 0 spiro atoms. The number of carbonyl (C=O) groups is 1. The minimum absolute atomic E-state index is 0.439. The van der Waals surface area contributed by atoms with Crippen molar-refractivity contribution in [1.29, 1.82) is 0 Å². The minimum atomic E-state index is -1.20. The van der Waals surface area contributed by atoms with Gasteiger partial charge in [0.05, 0.1) is 0 Å². The average molecular weight is 178 g/mol. The highest BCUT2D eigenvalue weighted by atomic mass is 16.4. The summed E-state index contributed by atoms with van der Waals surface area (Å²) in [4.78, 5) is 13.3. The fourth-order valence-electron chi connectivity index (χ4n) is 0.930. The van der Waals surface area contributed by atoms with Gasteiger partial charge in [-0.25, -0.2) is 4.79 Å². The molecule has 1 amide bonds. The molecule has 1 rings (SSSR count). The zero-order valence-electron chi connectivity index (χ0n) is 6.97. The second-order valence-electron chi connectivity index (χ2n) is 2.49. The molecule has 0 saturated carbocycles. The predicted octanol–water partition coefficient (Wildman–Crippen LogP) is 1.24. The molecule has 0 atom stereocenters. The van der Waals surface area contributed by atoms with Crippen LogP contribution >= 0.6 is 0 Å². The molecule has 0 bridgehead atoms. The number of amides is 1. The van der Waals surface area contributed by atoms with Gasteiger partial charge in [0.2, 0.25) is 0 Å². The van der Waals surface area contributed by atoms with Crippen molar-refractivity contribution < 1.29 is 9.90 Å². The van der Waals surface area contributed by atoms with E-state index in [1.54, 1.807) is 12.1 Å². The molecule has 68 valence electrons. The molecule has 0 aliphatic rings. The van der Waals surface area contributed by atoms with Gasteiger partial charge in [0, 0.05) is 12.8 Å². The maximum absolute atomic E-state index is 10.1. The summed E-state index contributed by atoms with van der Waals surface area (Å²) in [6.45, 7) is 0.439. The molecule has 0 aliphatic carbocycles. The van der Waals surface area contributed by atoms with E-state index in [1.807, 2.05) is 12.1 Å². The molecule has 1 aromatic rings. The summed E-state index contributed by atoms with van der Waals surface area (Å²) >= 11 is 0. The lowest BCUT2D eigenvalue weighted by Gasteiger charge is -1.96. The SMILES string of the molecule is NCc1cccc(C=NC(=O)O)c1. The van der Waals surface area contributed by atoms with Crippen LogP contribution in [0.15, 0.2) is 29.3 Å². The van der Waals surface area contributed by atoms with E-state index >= 15 is 0 Å². The van der Waals surface area contributed by atoms with E-state index in [1.165, 1.54) is 6.21 Å². The topological polar surface area (TPSA) is 75.7 Å². The largest absolute Gasteiger partial charge is 0.463 e. The van der Waals surface area contributed by atoms with Crippen molar-refractivity contribution in [3.8, 4) is 0 Å². The number of aliphatic imine (C=N–C) groups is 1. The molecule has 0 radical (unpaired) electrons. The molecule has 4 nitrogen and oxygen atoms in total. The van der Waals surface area contributed by atoms with Gasteiger partial charge in [-0.15, -0.1) is 0 Å². The van der Waals surface area contributed by atoms with E-state index in [2.05, 4.69) is 4.99 Å². The van der Waals surface area contributed by atoms with E-state index in [-0.39, 0.29) is 0 Å². The highest BCUT2D eigenvalue weighted by Gasteiger charge is 1.92. The first-order chi connectivity index (χ1) is 6.22. The molecule has 0 aliphatic heterocycles. The number of rotatable bonds is 2. The van der Waals surface area contributed by atoms with E-state index in [0.717, 1.165) is 11.1 Å². The molecule has 1 aromatic carbocycles. The Morgan fingerprint density at radius 2 is 2.38 bits per heavy atom. The van der Waals surface area contributed by atoms with Crippen LogP contribution in [0.5, 0.6) is 0 Å².